The van der Waals surface area contributed by atoms with E-state index in [0.717, 1.165) is 5.56 Å². The quantitative estimate of drug-likeness (QED) is 0.615. The van der Waals surface area contributed by atoms with Gasteiger partial charge >= 0.3 is 0 Å². The summed E-state index contributed by atoms with van der Waals surface area (Å²) < 4.78 is 41.9. The highest BCUT2D eigenvalue weighted by molar-refractivity contribution is 9.10. The number of benzene rings is 2. The highest BCUT2D eigenvalue weighted by atomic mass is 79.9. The van der Waals surface area contributed by atoms with Gasteiger partial charge in [-0.05, 0) is 67.8 Å². The van der Waals surface area contributed by atoms with Crippen LogP contribution in [0.4, 0.5) is 4.39 Å². The van der Waals surface area contributed by atoms with Crippen molar-refractivity contribution in [1.29, 1.82) is 0 Å². The lowest BCUT2D eigenvalue weighted by molar-refractivity contribution is 0.304. The van der Waals surface area contributed by atoms with Gasteiger partial charge in [0.2, 0.25) is 0 Å². The molecule has 0 amide bonds. The van der Waals surface area contributed by atoms with Gasteiger partial charge in [-0.1, -0.05) is 6.07 Å². The monoisotopic (exact) mass is 456 g/mol. The van der Waals surface area contributed by atoms with Crippen LogP contribution in [0.1, 0.15) is 5.56 Å². The fourth-order valence-corrected chi connectivity index (χ4v) is 3.39. The van der Waals surface area contributed by atoms with Gasteiger partial charge in [0, 0.05) is 10.7 Å². The summed E-state index contributed by atoms with van der Waals surface area (Å²) in [4.78, 5) is -0.0204. The van der Waals surface area contributed by atoms with Gasteiger partial charge in [0.05, 0.1) is 13.8 Å². The third-order valence-electron chi connectivity index (χ3n) is 2.56. The van der Waals surface area contributed by atoms with Crippen molar-refractivity contribution in [2.45, 2.75) is 11.5 Å². The molecule has 0 unspecified atom stereocenters. The van der Waals surface area contributed by atoms with E-state index in [0.29, 0.717) is 14.7 Å². The third kappa shape index (κ3) is 4.42. The summed E-state index contributed by atoms with van der Waals surface area (Å²) in [6.45, 7) is 0.213. The minimum Gasteiger partial charge on any atom is -0.488 e. The summed E-state index contributed by atoms with van der Waals surface area (Å²) in [6, 6.07) is 8.76. The molecule has 2 aromatic rings. The lowest BCUT2D eigenvalue weighted by Gasteiger charge is -2.09. The van der Waals surface area contributed by atoms with Crippen molar-refractivity contribution in [2.75, 3.05) is 0 Å². The van der Waals surface area contributed by atoms with Crippen LogP contribution in [0.2, 0.25) is 0 Å². The molecule has 0 saturated carbocycles. The Labute approximate surface area is 142 Å². The van der Waals surface area contributed by atoms with Crippen LogP contribution >= 0.6 is 42.5 Å². The van der Waals surface area contributed by atoms with Gasteiger partial charge in [-0.2, -0.15) is 0 Å². The summed E-state index contributed by atoms with van der Waals surface area (Å²) in [6.07, 6.45) is 0. The Morgan fingerprint density at radius 3 is 2.38 bits per heavy atom. The van der Waals surface area contributed by atoms with Crippen LogP contribution < -0.4 is 4.74 Å². The van der Waals surface area contributed by atoms with E-state index in [1.807, 2.05) is 0 Å². The maximum absolute atomic E-state index is 13.1. The van der Waals surface area contributed by atoms with Crippen molar-refractivity contribution in [3.05, 3.63) is 56.7 Å². The molecule has 3 nitrogen and oxygen atoms in total. The molecule has 0 aliphatic rings. The van der Waals surface area contributed by atoms with Gasteiger partial charge in [-0.15, -0.1) is 0 Å². The van der Waals surface area contributed by atoms with E-state index in [-0.39, 0.29) is 17.3 Å². The van der Waals surface area contributed by atoms with E-state index in [1.54, 1.807) is 12.1 Å². The average molecular weight is 459 g/mol. The Balaban J connectivity index is 2.15. The molecule has 0 atom stereocenters. The lowest BCUT2D eigenvalue weighted by Crippen LogP contribution is -1.98. The van der Waals surface area contributed by atoms with Crippen LogP contribution in [-0.4, -0.2) is 8.42 Å². The van der Waals surface area contributed by atoms with Crippen LogP contribution in [0, 0.1) is 5.82 Å². The Morgan fingerprint density at radius 2 is 1.81 bits per heavy atom. The zero-order valence-electron chi connectivity index (χ0n) is 10.3. The molecular weight excluding hydrogens is 450 g/mol. The summed E-state index contributed by atoms with van der Waals surface area (Å²) in [5.74, 6) is 0.108. The fraction of sp³-hybridized carbons (Fsp3) is 0.0769. The second-order valence-electron chi connectivity index (χ2n) is 4.07. The predicted molar refractivity (Wildman–Crippen MR) is 85.6 cm³/mol. The normalized spacial score (nSPS) is 11.4. The first-order chi connectivity index (χ1) is 9.77. The van der Waals surface area contributed by atoms with Crippen molar-refractivity contribution in [3.63, 3.8) is 0 Å². The van der Waals surface area contributed by atoms with Crippen LogP contribution in [0.15, 0.2) is 50.2 Å². The van der Waals surface area contributed by atoms with Crippen molar-refractivity contribution in [3.8, 4) is 5.75 Å². The summed E-state index contributed by atoms with van der Waals surface area (Å²) in [7, 11) is 1.48. The summed E-state index contributed by atoms with van der Waals surface area (Å²) in [5.41, 5.74) is 0.768. The third-order valence-corrected chi connectivity index (χ3v) is 5.14. The number of hydrogen-bond donors (Lipinski definition) is 0. The molecular formula is C13H8Br2ClFO3S. The van der Waals surface area contributed by atoms with E-state index >= 15 is 0 Å². The molecule has 2 aromatic carbocycles. The van der Waals surface area contributed by atoms with Gasteiger partial charge in [0.25, 0.3) is 9.05 Å². The second-order valence-corrected chi connectivity index (χ2v) is 8.34. The van der Waals surface area contributed by atoms with Crippen molar-refractivity contribution in [1.82, 2.24) is 0 Å². The Hall–Kier alpha value is -0.630. The zero-order chi connectivity index (χ0) is 15.6. The molecule has 0 aromatic heterocycles. The highest BCUT2D eigenvalue weighted by Crippen LogP contribution is 2.30. The van der Waals surface area contributed by atoms with E-state index in [1.165, 1.54) is 24.3 Å². The molecule has 2 rings (SSSR count). The maximum atomic E-state index is 13.1. The summed E-state index contributed by atoms with van der Waals surface area (Å²) >= 11 is 6.32. The first-order valence-corrected chi connectivity index (χ1v) is 9.48. The Morgan fingerprint density at radius 1 is 1.10 bits per heavy atom. The molecule has 21 heavy (non-hydrogen) atoms. The molecule has 0 aliphatic heterocycles. The van der Waals surface area contributed by atoms with E-state index in [2.05, 4.69) is 31.9 Å². The molecule has 0 N–H and O–H groups in total. The summed E-state index contributed by atoms with van der Waals surface area (Å²) in [5, 5.41) is 0. The zero-order valence-corrected chi connectivity index (χ0v) is 15.1. The van der Waals surface area contributed by atoms with Crippen LogP contribution in [0.5, 0.6) is 5.75 Å². The Bertz CT molecular complexity index is 781. The van der Waals surface area contributed by atoms with Gasteiger partial charge in [-0.3, -0.25) is 0 Å². The van der Waals surface area contributed by atoms with Crippen molar-refractivity contribution in [2.24, 2.45) is 0 Å². The van der Waals surface area contributed by atoms with Crippen molar-refractivity contribution < 1.29 is 17.5 Å². The lowest BCUT2D eigenvalue weighted by atomic mass is 10.2. The number of rotatable bonds is 4. The van der Waals surface area contributed by atoms with Gasteiger partial charge in [0.15, 0.2) is 0 Å². The molecule has 8 heteroatoms. The largest absolute Gasteiger partial charge is 0.488 e. The van der Waals surface area contributed by atoms with Gasteiger partial charge in [-0.25, -0.2) is 12.8 Å². The van der Waals surface area contributed by atoms with Crippen LogP contribution in [0.3, 0.4) is 0 Å². The smallest absolute Gasteiger partial charge is 0.261 e. The average Bonchev–Trinajstić information content (AvgIpc) is 2.40. The van der Waals surface area contributed by atoms with Gasteiger partial charge in [0.1, 0.15) is 18.2 Å². The maximum Gasteiger partial charge on any atom is 0.261 e. The van der Waals surface area contributed by atoms with Gasteiger partial charge < -0.3 is 4.74 Å². The Kier molecular flexibility index (Phi) is 5.29. The van der Waals surface area contributed by atoms with Crippen LogP contribution in [0.25, 0.3) is 0 Å². The van der Waals surface area contributed by atoms with Crippen LogP contribution in [-0.2, 0) is 15.7 Å². The molecule has 112 valence electrons. The highest BCUT2D eigenvalue weighted by Gasteiger charge is 2.12. The molecule has 0 radical (unpaired) electrons. The topological polar surface area (TPSA) is 43.4 Å². The molecule has 0 spiro atoms. The second kappa shape index (κ2) is 6.64. The number of halogens is 4. The van der Waals surface area contributed by atoms with E-state index < -0.39 is 9.05 Å². The SMILES string of the molecule is O=S(=O)(Cl)c1ccc(OCc2ccc(F)c(Br)c2)c(Br)c1. The van der Waals surface area contributed by atoms with E-state index in [4.69, 9.17) is 15.4 Å². The molecule has 0 heterocycles. The minimum atomic E-state index is -3.78. The number of hydrogen-bond acceptors (Lipinski definition) is 3. The van der Waals surface area contributed by atoms with Crippen molar-refractivity contribution >= 4 is 51.6 Å². The first-order valence-electron chi connectivity index (χ1n) is 5.58. The first kappa shape index (κ1) is 16.7. The molecule has 0 saturated heterocycles. The molecule has 0 bridgehead atoms. The standard InChI is InChI=1S/C13H8Br2ClFO3S/c14-10-5-8(1-3-12(10)17)7-20-13-4-2-9(6-11(13)15)21(16,18)19/h1-6H,7H2. The molecule has 0 aliphatic carbocycles. The molecule has 0 fully saturated rings. The minimum absolute atomic E-state index is 0.0204. The predicted octanol–water partition coefficient (Wildman–Crippen LogP) is 4.86. The number of ether oxygens (including phenoxy) is 1. The fourth-order valence-electron chi connectivity index (χ4n) is 1.54. The van der Waals surface area contributed by atoms with E-state index in [9.17, 15) is 12.8 Å².